The van der Waals surface area contributed by atoms with E-state index in [9.17, 15) is 20.2 Å². The fourth-order valence-corrected chi connectivity index (χ4v) is 3.98. The Morgan fingerprint density at radius 2 is 1.96 bits per heavy atom. The number of nitrogens with zero attached hydrogens (tertiary/aromatic N) is 3. The summed E-state index contributed by atoms with van der Waals surface area (Å²) in [5.74, 6) is -1.21. The fraction of sp³-hybridized carbons (Fsp3) is 0.316. The lowest BCUT2D eigenvalue weighted by molar-refractivity contribution is 0.321. The van der Waals surface area contributed by atoms with Gasteiger partial charge in [-0.2, -0.15) is 15.8 Å². The lowest BCUT2D eigenvalue weighted by atomic mass is 9.56. The summed E-state index contributed by atoms with van der Waals surface area (Å²) >= 11 is 0. The maximum atomic E-state index is 13.8. The molecule has 5 heteroatoms. The molecule has 1 aromatic rings. The van der Waals surface area contributed by atoms with Crippen LogP contribution in [0.5, 0.6) is 0 Å². The topological polar surface area (TPSA) is 97.4 Å². The second-order valence-electron chi connectivity index (χ2n) is 6.16. The molecule has 118 valence electrons. The molecule has 0 unspecified atom stereocenters. The molecule has 0 fully saturated rings. The average Bonchev–Trinajstić information content (AvgIpc) is 2.61. The van der Waals surface area contributed by atoms with Gasteiger partial charge in [0.05, 0.1) is 29.5 Å². The number of nitrogens with two attached hydrogens (primary N) is 1. The van der Waals surface area contributed by atoms with Crippen LogP contribution in [0.25, 0.3) is 0 Å². The number of nitriles is 3. The van der Waals surface area contributed by atoms with Gasteiger partial charge in [-0.15, -0.1) is 0 Å². The van der Waals surface area contributed by atoms with Gasteiger partial charge < -0.3 is 5.73 Å². The van der Waals surface area contributed by atoms with Crippen LogP contribution in [-0.4, -0.2) is 0 Å². The number of allylic oxidation sites excluding steroid dienone is 3. The van der Waals surface area contributed by atoms with Crippen LogP contribution in [0.15, 0.2) is 47.2 Å². The fourth-order valence-electron chi connectivity index (χ4n) is 3.98. The highest BCUT2D eigenvalue weighted by atomic mass is 19.1. The quantitative estimate of drug-likeness (QED) is 0.857. The minimum atomic E-state index is -1.70. The summed E-state index contributed by atoms with van der Waals surface area (Å²) in [7, 11) is 0. The molecule has 4 nitrogen and oxygen atoms in total. The van der Waals surface area contributed by atoms with Gasteiger partial charge >= 0.3 is 0 Å². The highest BCUT2D eigenvalue weighted by Crippen LogP contribution is 2.56. The van der Waals surface area contributed by atoms with Crippen molar-refractivity contribution in [2.45, 2.75) is 25.2 Å². The van der Waals surface area contributed by atoms with Gasteiger partial charge in [-0.3, -0.25) is 0 Å². The second kappa shape index (κ2) is 5.84. The maximum absolute atomic E-state index is 13.8. The molecule has 0 aromatic heterocycles. The molecule has 0 saturated carbocycles. The molecule has 0 radical (unpaired) electrons. The highest BCUT2D eigenvalue weighted by molar-refractivity contribution is 5.59. The molecule has 0 spiro atoms. The molecule has 3 rings (SSSR count). The van der Waals surface area contributed by atoms with E-state index in [1.165, 1.54) is 12.1 Å². The summed E-state index contributed by atoms with van der Waals surface area (Å²) in [5.41, 5.74) is 6.03. The van der Waals surface area contributed by atoms with Crippen molar-refractivity contribution in [1.82, 2.24) is 0 Å². The Balaban J connectivity index is 2.35. The Bertz CT molecular complexity index is 862. The summed E-state index contributed by atoms with van der Waals surface area (Å²) in [5, 5.41) is 29.2. The monoisotopic (exact) mass is 318 g/mol. The molecule has 2 aliphatic carbocycles. The lowest BCUT2D eigenvalue weighted by Crippen LogP contribution is -2.41. The van der Waals surface area contributed by atoms with Crippen molar-refractivity contribution >= 4 is 0 Å². The van der Waals surface area contributed by atoms with E-state index >= 15 is 0 Å². The smallest absolute Gasteiger partial charge is 0.187 e. The normalized spacial score (nSPS) is 24.8. The first-order valence-electron chi connectivity index (χ1n) is 7.77. The number of hydrogen-bond donors (Lipinski definition) is 1. The van der Waals surface area contributed by atoms with Crippen LogP contribution in [0, 0.1) is 51.1 Å². The van der Waals surface area contributed by atoms with Gasteiger partial charge in [0.1, 0.15) is 5.82 Å². The Morgan fingerprint density at radius 1 is 1.21 bits per heavy atom. The number of fused-ring (bicyclic) bond motifs is 1. The number of halogens is 1. The zero-order valence-electron chi connectivity index (χ0n) is 13.0. The third-order valence-corrected chi connectivity index (χ3v) is 5.00. The zero-order valence-corrected chi connectivity index (χ0v) is 13.0. The molecular weight excluding hydrogens is 303 g/mol. The summed E-state index contributed by atoms with van der Waals surface area (Å²) in [6, 6.07) is 12.0. The van der Waals surface area contributed by atoms with E-state index in [2.05, 4.69) is 0 Å². The van der Waals surface area contributed by atoms with E-state index in [4.69, 9.17) is 5.73 Å². The summed E-state index contributed by atoms with van der Waals surface area (Å²) < 4.78 is 13.8. The van der Waals surface area contributed by atoms with Crippen molar-refractivity contribution in [3.05, 3.63) is 58.6 Å². The van der Waals surface area contributed by atoms with E-state index < -0.39 is 17.2 Å². The summed E-state index contributed by atoms with van der Waals surface area (Å²) in [4.78, 5) is 0. The molecule has 0 saturated heterocycles. The summed E-state index contributed by atoms with van der Waals surface area (Å²) in [6.45, 7) is 0. The van der Waals surface area contributed by atoms with Gasteiger partial charge in [-0.25, -0.2) is 4.39 Å². The standard InChI is InChI=1S/C19H15FN4/c20-13-5-3-4-12(8-13)17-14-6-1-2-7-15(14)18(24)16(9-21)19(17,10-22)11-23/h3-5,7-8,14,17H,1-2,6,24H2/t14-,17-/m1/s1. The molecule has 2 N–H and O–H groups in total. The van der Waals surface area contributed by atoms with Gasteiger partial charge in [0.2, 0.25) is 0 Å². The van der Waals surface area contributed by atoms with Crippen molar-refractivity contribution in [2.75, 3.05) is 0 Å². The largest absolute Gasteiger partial charge is 0.398 e. The van der Waals surface area contributed by atoms with E-state index in [0.717, 1.165) is 24.8 Å². The van der Waals surface area contributed by atoms with Crippen molar-refractivity contribution < 1.29 is 4.39 Å². The van der Waals surface area contributed by atoms with E-state index in [1.807, 2.05) is 24.3 Å². The first-order chi connectivity index (χ1) is 11.6. The van der Waals surface area contributed by atoms with E-state index in [-0.39, 0.29) is 17.2 Å². The summed E-state index contributed by atoms with van der Waals surface area (Å²) in [6.07, 6.45) is 4.47. The van der Waals surface area contributed by atoms with Crippen LogP contribution in [-0.2, 0) is 0 Å². The first kappa shape index (κ1) is 15.8. The van der Waals surface area contributed by atoms with Crippen LogP contribution in [0.4, 0.5) is 4.39 Å². The predicted molar refractivity (Wildman–Crippen MR) is 85.1 cm³/mol. The van der Waals surface area contributed by atoms with Gasteiger partial charge in [0.15, 0.2) is 5.41 Å². The van der Waals surface area contributed by atoms with Gasteiger partial charge in [0.25, 0.3) is 0 Å². The molecule has 0 heterocycles. The first-order valence-corrected chi connectivity index (χ1v) is 7.77. The number of hydrogen-bond acceptors (Lipinski definition) is 4. The van der Waals surface area contributed by atoms with Crippen LogP contribution >= 0.6 is 0 Å². The Kier molecular flexibility index (Phi) is 3.84. The minimum absolute atomic E-state index is 0.0221. The Labute approximate surface area is 139 Å². The van der Waals surface area contributed by atoms with Crippen LogP contribution < -0.4 is 5.73 Å². The second-order valence-corrected chi connectivity index (χ2v) is 6.16. The highest BCUT2D eigenvalue weighted by Gasteiger charge is 2.54. The Morgan fingerprint density at radius 3 is 2.58 bits per heavy atom. The van der Waals surface area contributed by atoms with Crippen LogP contribution in [0.1, 0.15) is 30.7 Å². The minimum Gasteiger partial charge on any atom is -0.398 e. The lowest BCUT2D eigenvalue weighted by Gasteiger charge is -2.43. The number of rotatable bonds is 1. The molecular formula is C19H15FN4. The molecule has 1 aromatic carbocycles. The Hall–Kier alpha value is -3.10. The molecule has 2 aliphatic rings. The van der Waals surface area contributed by atoms with E-state index in [0.29, 0.717) is 5.56 Å². The van der Waals surface area contributed by atoms with Crippen molar-refractivity contribution in [1.29, 1.82) is 15.8 Å². The van der Waals surface area contributed by atoms with Crippen LogP contribution in [0.2, 0.25) is 0 Å². The third-order valence-electron chi connectivity index (χ3n) is 5.00. The SMILES string of the molecule is N#CC1=C(N)C2=CCCC[C@H]2[C@@H](c2cccc(F)c2)C1(C#N)C#N. The van der Waals surface area contributed by atoms with Gasteiger partial charge in [0, 0.05) is 5.92 Å². The third kappa shape index (κ3) is 2.08. The predicted octanol–water partition coefficient (Wildman–Crippen LogP) is 3.42. The molecule has 2 atom stereocenters. The molecule has 0 bridgehead atoms. The zero-order chi connectivity index (χ0) is 17.3. The maximum Gasteiger partial charge on any atom is 0.187 e. The average molecular weight is 318 g/mol. The van der Waals surface area contributed by atoms with Crippen molar-refractivity contribution in [3.8, 4) is 18.2 Å². The van der Waals surface area contributed by atoms with Crippen molar-refractivity contribution in [2.24, 2.45) is 17.1 Å². The van der Waals surface area contributed by atoms with Crippen molar-refractivity contribution in [3.63, 3.8) is 0 Å². The van der Waals surface area contributed by atoms with Crippen LogP contribution in [0.3, 0.4) is 0 Å². The van der Waals surface area contributed by atoms with Gasteiger partial charge in [-0.1, -0.05) is 18.2 Å². The van der Waals surface area contributed by atoms with E-state index in [1.54, 1.807) is 12.1 Å². The molecule has 0 amide bonds. The molecule has 24 heavy (non-hydrogen) atoms. The molecule has 0 aliphatic heterocycles. The number of benzene rings is 1. The van der Waals surface area contributed by atoms with Gasteiger partial charge in [-0.05, 0) is 48.4 Å².